The molecule has 2 nitrogen and oxygen atoms in total. The largest absolute Gasteiger partial charge is 0.394 e. The van der Waals surface area contributed by atoms with Crippen LogP contribution in [0, 0.1) is 0 Å². The first-order chi connectivity index (χ1) is 7.58. The number of benzene rings is 1. The predicted octanol–water partition coefficient (Wildman–Crippen LogP) is 2.84. The molecule has 0 fully saturated rings. The van der Waals surface area contributed by atoms with Gasteiger partial charge in [-0.15, -0.1) is 0 Å². The molecule has 0 aliphatic carbocycles. The van der Waals surface area contributed by atoms with Gasteiger partial charge in [0.05, 0.1) is 0 Å². The van der Waals surface area contributed by atoms with Crippen molar-refractivity contribution in [2.45, 2.75) is 45.9 Å². The van der Waals surface area contributed by atoms with Crippen LogP contribution in [0.25, 0.3) is 0 Å². The van der Waals surface area contributed by atoms with Crippen molar-refractivity contribution in [1.82, 2.24) is 0 Å². The van der Waals surface area contributed by atoms with E-state index in [1.165, 1.54) is 5.56 Å². The minimum Gasteiger partial charge on any atom is -0.394 e. The van der Waals surface area contributed by atoms with Gasteiger partial charge in [-0.1, -0.05) is 30.3 Å². The van der Waals surface area contributed by atoms with Gasteiger partial charge in [-0.3, -0.25) is 0 Å². The van der Waals surface area contributed by atoms with Crippen molar-refractivity contribution < 1.29 is 8.85 Å². The molecular weight excluding hydrogens is 216 g/mol. The third kappa shape index (κ3) is 5.44. The number of hydrogen-bond donors (Lipinski definition) is 0. The van der Waals surface area contributed by atoms with Crippen molar-refractivity contribution in [2.24, 2.45) is 0 Å². The van der Waals surface area contributed by atoms with Crippen molar-refractivity contribution in [1.29, 1.82) is 0 Å². The van der Waals surface area contributed by atoms with Gasteiger partial charge in [-0.05, 0) is 33.3 Å². The minimum absolute atomic E-state index is 0.249. The molecule has 3 heteroatoms. The van der Waals surface area contributed by atoms with Crippen LogP contribution >= 0.6 is 0 Å². The fourth-order valence-corrected chi connectivity index (χ4v) is 3.67. The summed E-state index contributed by atoms with van der Waals surface area (Å²) in [5.41, 5.74) is 1.31. The van der Waals surface area contributed by atoms with E-state index in [4.69, 9.17) is 8.85 Å². The van der Waals surface area contributed by atoms with Gasteiger partial charge < -0.3 is 8.85 Å². The molecule has 0 saturated carbocycles. The summed E-state index contributed by atoms with van der Waals surface area (Å²) in [6.07, 6.45) is 0.498. The molecule has 0 aromatic heterocycles. The summed E-state index contributed by atoms with van der Waals surface area (Å²) in [7, 11) is -1.58. The zero-order chi connectivity index (χ0) is 12.0. The van der Waals surface area contributed by atoms with E-state index in [-0.39, 0.29) is 12.2 Å². The first-order valence-electron chi connectivity index (χ1n) is 5.92. The van der Waals surface area contributed by atoms with Crippen molar-refractivity contribution >= 4 is 9.28 Å². The van der Waals surface area contributed by atoms with Crippen LogP contribution in [0.2, 0.25) is 0 Å². The topological polar surface area (TPSA) is 18.5 Å². The van der Waals surface area contributed by atoms with Crippen LogP contribution in [0.4, 0.5) is 0 Å². The highest BCUT2D eigenvalue weighted by atomic mass is 28.3. The zero-order valence-electron chi connectivity index (χ0n) is 10.6. The Morgan fingerprint density at radius 1 is 0.938 bits per heavy atom. The lowest BCUT2D eigenvalue weighted by atomic mass is 10.2. The van der Waals surface area contributed by atoms with Crippen molar-refractivity contribution in [3.05, 3.63) is 35.9 Å². The minimum atomic E-state index is -1.58. The first kappa shape index (κ1) is 13.4. The summed E-state index contributed by atoms with van der Waals surface area (Å²) in [4.78, 5) is 0. The van der Waals surface area contributed by atoms with Crippen LogP contribution in [0.5, 0.6) is 0 Å². The highest BCUT2D eigenvalue weighted by Gasteiger charge is 2.17. The highest BCUT2D eigenvalue weighted by molar-refractivity contribution is 6.44. The van der Waals surface area contributed by atoms with Crippen molar-refractivity contribution in [3.63, 3.8) is 0 Å². The van der Waals surface area contributed by atoms with E-state index in [2.05, 4.69) is 52.0 Å². The van der Waals surface area contributed by atoms with E-state index >= 15 is 0 Å². The highest BCUT2D eigenvalue weighted by Crippen LogP contribution is 2.08. The average Bonchev–Trinajstić information content (AvgIpc) is 2.16. The van der Waals surface area contributed by atoms with Crippen LogP contribution < -0.4 is 0 Å². The quantitative estimate of drug-likeness (QED) is 0.710. The maximum atomic E-state index is 5.88. The second kappa shape index (κ2) is 6.84. The van der Waals surface area contributed by atoms with Crippen LogP contribution in [0.1, 0.15) is 33.3 Å². The van der Waals surface area contributed by atoms with Gasteiger partial charge >= 0.3 is 9.28 Å². The molecule has 0 heterocycles. The van der Waals surface area contributed by atoms with Gasteiger partial charge in [0.15, 0.2) is 0 Å². The van der Waals surface area contributed by atoms with E-state index in [0.717, 1.165) is 6.04 Å². The molecule has 0 aliphatic rings. The van der Waals surface area contributed by atoms with Gasteiger partial charge in [0.1, 0.15) is 0 Å². The summed E-state index contributed by atoms with van der Waals surface area (Å²) in [6.45, 7) is 8.26. The molecule has 0 atom stereocenters. The standard InChI is InChI=1S/C13H22O2Si/c1-11(2)14-16(15-12(3)4)10-13-8-6-5-7-9-13/h5-9,11-12,16H,10H2,1-4H3. The molecule has 0 unspecified atom stereocenters. The van der Waals surface area contributed by atoms with Gasteiger partial charge in [0.2, 0.25) is 0 Å². The maximum Gasteiger partial charge on any atom is 0.326 e. The third-order valence-corrected chi connectivity index (χ3v) is 4.59. The summed E-state index contributed by atoms with van der Waals surface area (Å²) in [5, 5.41) is 0. The van der Waals surface area contributed by atoms with Crippen LogP contribution in [0.15, 0.2) is 30.3 Å². The fourth-order valence-electron chi connectivity index (χ4n) is 1.54. The summed E-state index contributed by atoms with van der Waals surface area (Å²) in [5.74, 6) is 0. The number of rotatable bonds is 6. The Kier molecular flexibility index (Phi) is 5.73. The van der Waals surface area contributed by atoms with E-state index < -0.39 is 9.28 Å². The van der Waals surface area contributed by atoms with Gasteiger partial charge in [0.25, 0.3) is 0 Å². The maximum absolute atomic E-state index is 5.88. The van der Waals surface area contributed by atoms with E-state index in [1.807, 2.05) is 6.07 Å². The molecule has 0 bridgehead atoms. The monoisotopic (exact) mass is 238 g/mol. The molecule has 0 spiro atoms. The Hall–Kier alpha value is -0.643. The SMILES string of the molecule is CC(C)O[SiH](Cc1ccccc1)OC(C)C. The van der Waals surface area contributed by atoms with Gasteiger partial charge in [-0.2, -0.15) is 0 Å². The molecule has 0 saturated heterocycles. The molecule has 0 amide bonds. The molecule has 0 N–H and O–H groups in total. The molecule has 1 aromatic rings. The second-order valence-corrected chi connectivity index (χ2v) is 6.30. The molecule has 1 aromatic carbocycles. The molecule has 90 valence electrons. The lowest BCUT2D eigenvalue weighted by Crippen LogP contribution is -2.32. The number of hydrogen-bond acceptors (Lipinski definition) is 2. The Bertz CT molecular complexity index is 275. The van der Waals surface area contributed by atoms with E-state index in [0.29, 0.717) is 0 Å². The molecular formula is C13H22O2Si. The summed E-state index contributed by atoms with van der Waals surface area (Å²) in [6, 6.07) is 11.4. The van der Waals surface area contributed by atoms with Crippen molar-refractivity contribution in [3.8, 4) is 0 Å². The zero-order valence-corrected chi connectivity index (χ0v) is 11.8. The van der Waals surface area contributed by atoms with E-state index in [9.17, 15) is 0 Å². The fraction of sp³-hybridized carbons (Fsp3) is 0.538. The Morgan fingerprint density at radius 2 is 1.44 bits per heavy atom. The van der Waals surface area contributed by atoms with Crippen LogP contribution in [-0.2, 0) is 14.9 Å². The first-order valence-corrected chi connectivity index (χ1v) is 7.68. The molecule has 0 aliphatic heterocycles. The smallest absolute Gasteiger partial charge is 0.326 e. The van der Waals surface area contributed by atoms with E-state index in [1.54, 1.807) is 0 Å². The summed E-state index contributed by atoms with van der Waals surface area (Å²) < 4.78 is 11.8. The predicted molar refractivity (Wildman–Crippen MR) is 69.7 cm³/mol. The lowest BCUT2D eigenvalue weighted by molar-refractivity contribution is 0.129. The van der Waals surface area contributed by atoms with Crippen LogP contribution in [-0.4, -0.2) is 21.5 Å². The second-order valence-electron chi connectivity index (χ2n) is 4.49. The normalized spacial score (nSPS) is 11.7. The molecule has 16 heavy (non-hydrogen) atoms. The van der Waals surface area contributed by atoms with Gasteiger partial charge in [-0.25, -0.2) is 0 Å². The van der Waals surface area contributed by atoms with Gasteiger partial charge in [0, 0.05) is 18.3 Å². The summed E-state index contributed by atoms with van der Waals surface area (Å²) >= 11 is 0. The van der Waals surface area contributed by atoms with Crippen molar-refractivity contribution in [2.75, 3.05) is 0 Å². The lowest BCUT2D eigenvalue weighted by Gasteiger charge is -2.21. The molecule has 0 radical (unpaired) electrons. The Morgan fingerprint density at radius 3 is 1.88 bits per heavy atom. The third-order valence-electron chi connectivity index (χ3n) is 2.09. The van der Waals surface area contributed by atoms with Crippen LogP contribution in [0.3, 0.4) is 0 Å². The Balaban J connectivity index is 2.56. The Labute approximate surface area is 100 Å². The molecule has 1 rings (SSSR count). The average molecular weight is 238 g/mol.